The maximum absolute atomic E-state index is 13.4. The maximum atomic E-state index is 13.4. The van der Waals surface area contributed by atoms with Crippen LogP contribution in [0.5, 0.6) is 0 Å². The van der Waals surface area contributed by atoms with Gasteiger partial charge >= 0.3 is 0 Å². The first-order valence-electron chi connectivity index (χ1n) is 14.0. The van der Waals surface area contributed by atoms with Gasteiger partial charge in [0.2, 0.25) is 5.91 Å². The number of nitrogens with one attached hydrogen (secondary N) is 2. The highest BCUT2D eigenvalue weighted by Gasteiger charge is 2.27. The van der Waals surface area contributed by atoms with Gasteiger partial charge in [-0.2, -0.15) is 0 Å². The molecule has 0 aromatic heterocycles. The normalized spacial score (nSPS) is 19.3. The number of carbonyl (C=O) groups excluding carboxylic acids is 2. The monoisotopic (exact) mass is 504 g/mol. The fraction of sp³-hybridized carbons (Fsp3) is 0.533. The second kappa shape index (κ2) is 12.6. The molecule has 1 saturated carbocycles. The van der Waals surface area contributed by atoms with Gasteiger partial charge in [-0.05, 0) is 61.8 Å². The Bertz CT molecular complexity index is 1040. The molecular formula is C30H40N4O3. The van der Waals surface area contributed by atoms with Crippen molar-refractivity contribution in [1.29, 1.82) is 0 Å². The molecule has 0 atom stereocenters. The van der Waals surface area contributed by atoms with Gasteiger partial charge in [0, 0.05) is 56.6 Å². The van der Waals surface area contributed by atoms with E-state index in [2.05, 4.69) is 50.8 Å². The van der Waals surface area contributed by atoms with Gasteiger partial charge < -0.3 is 20.3 Å². The molecule has 7 nitrogen and oxygen atoms in total. The Morgan fingerprint density at radius 1 is 0.919 bits per heavy atom. The van der Waals surface area contributed by atoms with Crippen LogP contribution in [-0.2, 0) is 16.0 Å². The number of anilines is 2. The molecule has 2 saturated heterocycles. The standard InChI is InChI=1S/C30H40N4O3/c35-29(25-7-4-8-25)32-26-9-10-28(27(22-26)30(36)31-13-16-33-17-19-37-20-18-33)34-14-11-24(12-15-34)21-23-5-2-1-3-6-23/h1-3,5-6,9-10,22,24-25H,4,7-8,11-21H2,(H,31,36)(H,32,35). The predicted octanol–water partition coefficient (Wildman–Crippen LogP) is 3.95. The van der Waals surface area contributed by atoms with Gasteiger partial charge in [0.05, 0.1) is 18.8 Å². The van der Waals surface area contributed by atoms with Crippen molar-refractivity contribution in [1.82, 2.24) is 10.2 Å². The van der Waals surface area contributed by atoms with E-state index in [4.69, 9.17) is 4.74 Å². The third kappa shape index (κ3) is 6.90. The van der Waals surface area contributed by atoms with Crippen molar-refractivity contribution >= 4 is 23.2 Å². The summed E-state index contributed by atoms with van der Waals surface area (Å²) in [4.78, 5) is 30.6. The lowest BCUT2D eigenvalue weighted by Crippen LogP contribution is -2.41. The zero-order valence-corrected chi connectivity index (χ0v) is 21.8. The highest BCUT2D eigenvalue weighted by atomic mass is 16.5. The zero-order valence-electron chi connectivity index (χ0n) is 21.8. The lowest BCUT2D eigenvalue weighted by Gasteiger charge is -2.35. The summed E-state index contributed by atoms with van der Waals surface area (Å²) in [6.07, 6.45) is 6.34. The topological polar surface area (TPSA) is 73.9 Å². The fourth-order valence-corrected chi connectivity index (χ4v) is 5.56. The lowest BCUT2D eigenvalue weighted by molar-refractivity contribution is -0.122. The minimum absolute atomic E-state index is 0.0689. The Hall–Kier alpha value is -2.90. The Kier molecular flexibility index (Phi) is 8.74. The Morgan fingerprint density at radius 2 is 1.68 bits per heavy atom. The summed E-state index contributed by atoms with van der Waals surface area (Å²) in [6, 6.07) is 16.5. The van der Waals surface area contributed by atoms with Gasteiger partial charge in [0.25, 0.3) is 5.91 Å². The summed E-state index contributed by atoms with van der Waals surface area (Å²) in [5.41, 5.74) is 3.71. The second-order valence-electron chi connectivity index (χ2n) is 10.7. The van der Waals surface area contributed by atoms with Crippen LogP contribution in [0.2, 0.25) is 0 Å². The molecule has 2 amide bonds. The van der Waals surface area contributed by atoms with Crippen LogP contribution in [0.25, 0.3) is 0 Å². The van der Waals surface area contributed by atoms with Crippen LogP contribution in [0.15, 0.2) is 48.5 Å². The Morgan fingerprint density at radius 3 is 2.38 bits per heavy atom. The zero-order chi connectivity index (χ0) is 25.5. The van der Waals surface area contributed by atoms with E-state index in [0.29, 0.717) is 23.7 Å². The molecule has 0 unspecified atom stereocenters. The lowest BCUT2D eigenvalue weighted by atomic mass is 9.85. The molecule has 0 spiro atoms. The van der Waals surface area contributed by atoms with Crippen molar-refractivity contribution in [2.45, 2.75) is 38.5 Å². The molecule has 5 rings (SSSR count). The number of hydrogen-bond acceptors (Lipinski definition) is 5. The minimum Gasteiger partial charge on any atom is -0.379 e. The van der Waals surface area contributed by atoms with Crippen molar-refractivity contribution in [3.8, 4) is 0 Å². The van der Waals surface area contributed by atoms with E-state index in [0.717, 1.165) is 90.1 Å². The molecule has 198 valence electrons. The number of amides is 2. The Balaban J connectivity index is 1.24. The van der Waals surface area contributed by atoms with Crippen LogP contribution < -0.4 is 15.5 Å². The van der Waals surface area contributed by atoms with Crippen molar-refractivity contribution in [2.24, 2.45) is 11.8 Å². The summed E-state index contributed by atoms with van der Waals surface area (Å²) in [7, 11) is 0. The number of ether oxygens (including phenoxy) is 1. The van der Waals surface area contributed by atoms with Crippen LogP contribution in [-0.4, -0.2) is 69.2 Å². The summed E-state index contributed by atoms with van der Waals surface area (Å²) >= 11 is 0. The van der Waals surface area contributed by atoms with Gasteiger partial charge in [-0.1, -0.05) is 36.8 Å². The molecule has 3 fully saturated rings. The summed E-state index contributed by atoms with van der Waals surface area (Å²) in [6.45, 7) is 6.58. The minimum atomic E-state index is -0.0746. The summed E-state index contributed by atoms with van der Waals surface area (Å²) < 4.78 is 5.42. The summed E-state index contributed by atoms with van der Waals surface area (Å²) in [5, 5.41) is 6.18. The van der Waals surface area contributed by atoms with Gasteiger partial charge in [-0.3, -0.25) is 14.5 Å². The van der Waals surface area contributed by atoms with E-state index in [-0.39, 0.29) is 17.7 Å². The molecule has 2 heterocycles. The molecule has 1 aliphatic carbocycles. The van der Waals surface area contributed by atoms with E-state index in [1.807, 2.05) is 18.2 Å². The first kappa shape index (κ1) is 25.7. The average molecular weight is 505 g/mol. The third-order valence-corrected chi connectivity index (χ3v) is 8.12. The van der Waals surface area contributed by atoms with Crippen molar-refractivity contribution in [3.63, 3.8) is 0 Å². The first-order chi connectivity index (χ1) is 18.2. The highest BCUT2D eigenvalue weighted by molar-refractivity contribution is 6.02. The smallest absolute Gasteiger partial charge is 0.253 e. The number of hydrogen-bond donors (Lipinski definition) is 2. The largest absolute Gasteiger partial charge is 0.379 e. The van der Waals surface area contributed by atoms with Gasteiger partial charge in [0.1, 0.15) is 0 Å². The van der Waals surface area contributed by atoms with Crippen molar-refractivity contribution < 1.29 is 14.3 Å². The second-order valence-corrected chi connectivity index (χ2v) is 10.7. The number of morpholine rings is 1. The molecule has 2 aromatic carbocycles. The van der Waals surface area contributed by atoms with E-state index in [1.165, 1.54) is 5.56 Å². The summed E-state index contributed by atoms with van der Waals surface area (Å²) in [5.74, 6) is 0.758. The first-order valence-corrected chi connectivity index (χ1v) is 14.0. The van der Waals surface area contributed by atoms with Crippen LogP contribution >= 0.6 is 0 Å². The quantitative estimate of drug-likeness (QED) is 0.541. The molecule has 2 N–H and O–H groups in total. The van der Waals surface area contributed by atoms with Gasteiger partial charge in [-0.25, -0.2) is 0 Å². The molecule has 37 heavy (non-hydrogen) atoms. The van der Waals surface area contributed by atoms with Crippen LogP contribution in [0.1, 0.15) is 48.0 Å². The van der Waals surface area contributed by atoms with Crippen LogP contribution in [0.4, 0.5) is 11.4 Å². The molecule has 2 aliphatic heterocycles. The molecule has 0 bridgehead atoms. The molecular weight excluding hydrogens is 464 g/mol. The molecule has 0 radical (unpaired) electrons. The fourth-order valence-electron chi connectivity index (χ4n) is 5.56. The Labute approximate surface area is 220 Å². The number of carbonyl (C=O) groups is 2. The van der Waals surface area contributed by atoms with E-state index < -0.39 is 0 Å². The third-order valence-electron chi connectivity index (χ3n) is 8.12. The number of piperidine rings is 1. The van der Waals surface area contributed by atoms with Gasteiger partial charge in [0.15, 0.2) is 0 Å². The van der Waals surface area contributed by atoms with E-state index in [9.17, 15) is 9.59 Å². The molecule has 2 aromatic rings. The number of nitrogens with zero attached hydrogens (tertiary/aromatic N) is 2. The predicted molar refractivity (Wildman–Crippen MR) is 147 cm³/mol. The number of benzene rings is 2. The number of rotatable bonds is 9. The van der Waals surface area contributed by atoms with Crippen molar-refractivity contribution in [2.75, 3.05) is 62.7 Å². The van der Waals surface area contributed by atoms with Gasteiger partial charge in [-0.15, -0.1) is 0 Å². The van der Waals surface area contributed by atoms with E-state index in [1.54, 1.807) is 0 Å². The molecule has 3 aliphatic rings. The van der Waals surface area contributed by atoms with Crippen LogP contribution in [0.3, 0.4) is 0 Å². The maximum Gasteiger partial charge on any atom is 0.253 e. The van der Waals surface area contributed by atoms with Crippen molar-refractivity contribution in [3.05, 3.63) is 59.7 Å². The van der Waals surface area contributed by atoms with E-state index >= 15 is 0 Å². The highest BCUT2D eigenvalue weighted by Crippen LogP contribution is 2.31. The SMILES string of the molecule is O=C(NCCN1CCOCC1)c1cc(NC(=O)C2CCC2)ccc1N1CCC(Cc2ccccc2)CC1. The average Bonchev–Trinajstić information content (AvgIpc) is 2.89. The van der Waals surface area contributed by atoms with Crippen LogP contribution in [0, 0.1) is 11.8 Å². The molecule has 7 heteroatoms.